The van der Waals surface area contributed by atoms with E-state index in [1.165, 1.54) is 12.1 Å². The van der Waals surface area contributed by atoms with Crippen LogP contribution in [0, 0.1) is 5.82 Å². The van der Waals surface area contributed by atoms with E-state index < -0.39 is 11.5 Å². The number of alkyl halides is 1. The molecule has 8 nitrogen and oxygen atoms in total. The Hall–Kier alpha value is -4.02. The standard InChI is InChI=1S/C35H38ClF2N5O3/c1-5-29(45)42-18-22(3)43(19-21(42)2)33-27-17-28(36)30(26-16-24(44)15-23-9-6-7-10-25(23)26)31(37)32(27)39-34(40-33)46-14-8-12-41-13-11-35(4,38)20-41/h5-7,9-10,15-17,21-22,44H,1,8,11-14,18-20H2,2-4H3/t21-,22+,35?/m1/s1. The number of rotatable bonds is 8. The summed E-state index contributed by atoms with van der Waals surface area (Å²) in [4.78, 5) is 27.7. The zero-order valence-electron chi connectivity index (χ0n) is 26.3. The van der Waals surface area contributed by atoms with E-state index in [0.717, 1.165) is 10.8 Å². The molecule has 3 atom stereocenters. The highest BCUT2D eigenvalue weighted by Crippen LogP contribution is 2.43. The van der Waals surface area contributed by atoms with Crippen LogP contribution in [0.4, 0.5) is 14.6 Å². The molecule has 11 heteroatoms. The predicted octanol–water partition coefficient (Wildman–Crippen LogP) is 6.76. The quantitative estimate of drug-likeness (QED) is 0.167. The van der Waals surface area contributed by atoms with Gasteiger partial charge in [0.15, 0.2) is 5.82 Å². The molecule has 46 heavy (non-hydrogen) atoms. The number of hydrogen-bond acceptors (Lipinski definition) is 7. The average Bonchev–Trinajstić information content (AvgIpc) is 3.37. The van der Waals surface area contributed by atoms with Crippen molar-refractivity contribution in [2.75, 3.05) is 44.2 Å². The monoisotopic (exact) mass is 649 g/mol. The van der Waals surface area contributed by atoms with Gasteiger partial charge in [-0.1, -0.05) is 42.4 Å². The number of anilines is 1. The lowest BCUT2D eigenvalue weighted by Crippen LogP contribution is -2.58. The number of likely N-dealkylation sites (tertiary alicyclic amines) is 1. The number of amides is 1. The topological polar surface area (TPSA) is 82.0 Å². The van der Waals surface area contributed by atoms with Crippen LogP contribution in [0.1, 0.15) is 33.6 Å². The number of carbonyl (C=O) groups excluding carboxylic acids is 1. The van der Waals surface area contributed by atoms with E-state index in [1.54, 1.807) is 24.0 Å². The number of phenols is 1. The first-order valence-corrected chi connectivity index (χ1v) is 16.0. The molecule has 6 rings (SSSR count). The zero-order chi connectivity index (χ0) is 32.7. The number of aromatic hydroxyl groups is 1. The van der Waals surface area contributed by atoms with Crippen molar-refractivity contribution in [1.29, 1.82) is 0 Å². The van der Waals surface area contributed by atoms with Crippen LogP contribution in [0.2, 0.25) is 5.02 Å². The van der Waals surface area contributed by atoms with Gasteiger partial charge in [-0.25, -0.2) is 8.78 Å². The van der Waals surface area contributed by atoms with Crippen LogP contribution in [0.25, 0.3) is 32.8 Å². The Kier molecular flexibility index (Phi) is 8.78. The minimum absolute atomic E-state index is 0.0108. The van der Waals surface area contributed by atoms with Crippen LogP contribution < -0.4 is 9.64 Å². The Morgan fingerprint density at radius 1 is 1.17 bits per heavy atom. The number of piperazine rings is 1. The summed E-state index contributed by atoms with van der Waals surface area (Å²) in [6, 6.07) is 11.8. The molecule has 0 saturated carbocycles. The summed E-state index contributed by atoms with van der Waals surface area (Å²) in [6.45, 7) is 12.0. The Bertz CT molecular complexity index is 1820. The van der Waals surface area contributed by atoms with Crippen molar-refractivity contribution >= 4 is 45.0 Å². The summed E-state index contributed by atoms with van der Waals surface area (Å²) in [5, 5.41) is 12.5. The lowest BCUT2D eigenvalue weighted by molar-refractivity contribution is -0.128. The van der Waals surface area contributed by atoms with Crippen molar-refractivity contribution in [2.45, 2.75) is 51.4 Å². The maximum absolute atomic E-state index is 16.8. The van der Waals surface area contributed by atoms with Gasteiger partial charge in [0.1, 0.15) is 22.8 Å². The minimum atomic E-state index is -1.18. The van der Waals surface area contributed by atoms with E-state index in [4.69, 9.17) is 21.3 Å². The normalized spacial score (nSPS) is 22.1. The van der Waals surface area contributed by atoms with E-state index >= 15 is 4.39 Å². The molecule has 0 aliphatic carbocycles. The van der Waals surface area contributed by atoms with Gasteiger partial charge in [-0.3, -0.25) is 9.69 Å². The lowest BCUT2D eigenvalue weighted by atomic mass is 9.96. The van der Waals surface area contributed by atoms with Crippen LogP contribution in [-0.4, -0.2) is 87.9 Å². The number of ether oxygens (including phenoxy) is 1. The minimum Gasteiger partial charge on any atom is -0.508 e. The third kappa shape index (κ3) is 6.20. The highest BCUT2D eigenvalue weighted by molar-refractivity contribution is 6.35. The number of benzene rings is 3. The van der Waals surface area contributed by atoms with Gasteiger partial charge in [-0.2, -0.15) is 9.97 Å². The number of hydrogen-bond donors (Lipinski definition) is 1. The summed E-state index contributed by atoms with van der Waals surface area (Å²) in [7, 11) is 0. The SMILES string of the molecule is C=CC(=O)N1C[C@H](C)N(c2nc(OCCCN3CCC(C)(F)C3)nc3c(F)c(-c4cc(O)cc5ccccc45)c(Cl)cc23)C[C@H]1C. The second-order valence-electron chi connectivity index (χ2n) is 12.7. The number of aromatic nitrogens is 2. The summed E-state index contributed by atoms with van der Waals surface area (Å²) < 4.78 is 37.1. The van der Waals surface area contributed by atoms with Gasteiger partial charge >= 0.3 is 6.01 Å². The molecule has 0 radical (unpaired) electrons. The van der Waals surface area contributed by atoms with E-state index in [9.17, 15) is 14.3 Å². The Balaban J connectivity index is 1.41. The largest absolute Gasteiger partial charge is 0.508 e. The molecule has 1 amide bonds. The third-order valence-corrected chi connectivity index (χ3v) is 9.32. The van der Waals surface area contributed by atoms with Gasteiger partial charge < -0.3 is 19.6 Å². The summed E-state index contributed by atoms with van der Waals surface area (Å²) in [5.41, 5.74) is -0.596. The first-order valence-electron chi connectivity index (χ1n) is 15.6. The first-order chi connectivity index (χ1) is 22.0. The first kappa shape index (κ1) is 31.9. The Labute approximate surface area is 272 Å². The summed E-state index contributed by atoms with van der Waals surface area (Å²) in [5.74, 6) is -0.380. The zero-order valence-corrected chi connectivity index (χ0v) is 27.0. The molecule has 3 heterocycles. The molecular formula is C35H38ClF2N5O3. The van der Waals surface area contributed by atoms with Gasteiger partial charge in [0, 0.05) is 55.8 Å². The van der Waals surface area contributed by atoms with Crippen molar-refractivity contribution in [3.63, 3.8) is 0 Å². The number of nitrogens with zero attached hydrogens (tertiary/aromatic N) is 5. The van der Waals surface area contributed by atoms with Gasteiger partial charge in [0.2, 0.25) is 5.91 Å². The molecule has 0 spiro atoms. The van der Waals surface area contributed by atoms with Crippen LogP contribution in [-0.2, 0) is 4.79 Å². The van der Waals surface area contributed by atoms with Crippen LogP contribution in [0.15, 0.2) is 55.1 Å². The van der Waals surface area contributed by atoms with Crippen molar-refractivity contribution in [3.05, 3.63) is 66.0 Å². The Morgan fingerprint density at radius 3 is 2.70 bits per heavy atom. The molecule has 0 bridgehead atoms. The second kappa shape index (κ2) is 12.6. The number of carbonyl (C=O) groups is 1. The van der Waals surface area contributed by atoms with E-state index in [1.807, 2.05) is 43.0 Å². The van der Waals surface area contributed by atoms with Gasteiger partial charge in [0.25, 0.3) is 0 Å². The lowest BCUT2D eigenvalue weighted by Gasteiger charge is -2.44. The van der Waals surface area contributed by atoms with Crippen molar-refractivity contribution in [2.24, 2.45) is 0 Å². The van der Waals surface area contributed by atoms with E-state index in [-0.39, 0.29) is 52.5 Å². The van der Waals surface area contributed by atoms with Crippen LogP contribution >= 0.6 is 11.6 Å². The fraction of sp³-hybridized carbons (Fsp3) is 0.400. The van der Waals surface area contributed by atoms with Crippen molar-refractivity contribution in [3.8, 4) is 22.9 Å². The predicted molar refractivity (Wildman–Crippen MR) is 178 cm³/mol. The summed E-state index contributed by atoms with van der Waals surface area (Å²) in [6.07, 6.45) is 2.43. The molecule has 2 aliphatic heterocycles. The molecule has 3 aromatic carbocycles. The molecular weight excluding hydrogens is 612 g/mol. The van der Waals surface area contributed by atoms with Crippen molar-refractivity contribution < 1.29 is 23.4 Å². The fourth-order valence-corrected chi connectivity index (χ4v) is 6.99. The molecule has 2 aliphatic rings. The van der Waals surface area contributed by atoms with Crippen LogP contribution in [0.5, 0.6) is 11.8 Å². The smallest absolute Gasteiger partial charge is 0.319 e. The van der Waals surface area contributed by atoms with Gasteiger partial charge in [-0.05, 0) is 74.2 Å². The number of fused-ring (bicyclic) bond motifs is 2. The highest BCUT2D eigenvalue weighted by Gasteiger charge is 2.35. The van der Waals surface area contributed by atoms with Gasteiger partial charge in [-0.15, -0.1) is 0 Å². The Morgan fingerprint density at radius 2 is 1.96 bits per heavy atom. The van der Waals surface area contributed by atoms with Crippen LogP contribution in [0.3, 0.4) is 0 Å². The van der Waals surface area contributed by atoms with Gasteiger partial charge in [0.05, 0.1) is 11.6 Å². The maximum Gasteiger partial charge on any atom is 0.319 e. The van der Waals surface area contributed by atoms with Crippen molar-refractivity contribution in [1.82, 2.24) is 19.8 Å². The molecule has 242 valence electrons. The molecule has 2 saturated heterocycles. The number of halogens is 3. The summed E-state index contributed by atoms with van der Waals surface area (Å²) >= 11 is 6.86. The third-order valence-electron chi connectivity index (χ3n) is 9.03. The molecule has 1 N–H and O–H groups in total. The molecule has 2 fully saturated rings. The maximum atomic E-state index is 16.8. The molecule has 4 aromatic rings. The highest BCUT2D eigenvalue weighted by atomic mass is 35.5. The fourth-order valence-electron chi connectivity index (χ4n) is 6.70. The molecule has 1 aromatic heterocycles. The molecule has 1 unspecified atom stereocenters. The van der Waals surface area contributed by atoms with E-state index in [0.29, 0.717) is 62.3 Å². The number of phenolic OH excluding ortho intramolecular Hbond substituents is 1. The average molecular weight is 650 g/mol. The van der Waals surface area contributed by atoms with E-state index in [2.05, 4.69) is 16.5 Å². The second-order valence-corrected chi connectivity index (χ2v) is 13.1.